The van der Waals surface area contributed by atoms with Crippen LogP contribution in [0.4, 0.5) is 0 Å². The SMILES string of the molecule is CC(C)CN(C(=O)CC1(N)CCCCC1)C1CCCC1. The van der Waals surface area contributed by atoms with E-state index in [4.69, 9.17) is 5.73 Å². The maximum absolute atomic E-state index is 12.8. The smallest absolute Gasteiger partial charge is 0.224 e. The predicted octanol–water partition coefficient (Wildman–Crippen LogP) is 3.47. The molecule has 0 atom stereocenters. The maximum Gasteiger partial charge on any atom is 0.224 e. The lowest BCUT2D eigenvalue weighted by atomic mass is 9.80. The molecule has 2 saturated carbocycles. The minimum absolute atomic E-state index is 0.219. The summed E-state index contributed by atoms with van der Waals surface area (Å²) in [5.41, 5.74) is 6.26. The monoisotopic (exact) mass is 280 g/mol. The van der Waals surface area contributed by atoms with Gasteiger partial charge in [-0.1, -0.05) is 46.0 Å². The van der Waals surface area contributed by atoms with Crippen molar-refractivity contribution in [1.29, 1.82) is 0 Å². The normalized spacial score (nSPS) is 23.2. The van der Waals surface area contributed by atoms with Gasteiger partial charge >= 0.3 is 0 Å². The summed E-state index contributed by atoms with van der Waals surface area (Å²) in [6, 6.07) is 0.483. The van der Waals surface area contributed by atoms with Crippen molar-refractivity contribution in [2.75, 3.05) is 6.54 Å². The fourth-order valence-corrected chi connectivity index (χ4v) is 3.90. The van der Waals surface area contributed by atoms with Gasteiger partial charge < -0.3 is 10.6 Å². The second kappa shape index (κ2) is 6.93. The molecule has 20 heavy (non-hydrogen) atoms. The minimum Gasteiger partial charge on any atom is -0.339 e. The number of carbonyl (C=O) groups is 1. The molecule has 116 valence electrons. The molecule has 0 bridgehead atoms. The van der Waals surface area contributed by atoms with Crippen LogP contribution in [0.2, 0.25) is 0 Å². The van der Waals surface area contributed by atoms with Crippen LogP contribution in [0.15, 0.2) is 0 Å². The van der Waals surface area contributed by atoms with Crippen LogP contribution >= 0.6 is 0 Å². The Morgan fingerprint density at radius 2 is 1.75 bits per heavy atom. The number of hydrogen-bond acceptors (Lipinski definition) is 2. The highest BCUT2D eigenvalue weighted by Crippen LogP contribution is 2.31. The summed E-state index contributed by atoms with van der Waals surface area (Å²) < 4.78 is 0. The molecule has 0 spiro atoms. The number of hydrogen-bond donors (Lipinski definition) is 1. The first-order valence-electron chi connectivity index (χ1n) is 8.58. The van der Waals surface area contributed by atoms with E-state index >= 15 is 0 Å². The van der Waals surface area contributed by atoms with Crippen molar-refractivity contribution in [2.45, 2.75) is 89.6 Å². The van der Waals surface area contributed by atoms with Gasteiger partial charge in [-0.3, -0.25) is 4.79 Å². The molecule has 0 radical (unpaired) electrons. The number of nitrogens with two attached hydrogens (primary N) is 1. The molecule has 2 aliphatic rings. The van der Waals surface area contributed by atoms with Gasteiger partial charge in [-0.25, -0.2) is 0 Å². The second-order valence-electron chi connectivity index (χ2n) is 7.48. The molecule has 0 saturated heterocycles. The van der Waals surface area contributed by atoms with Gasteiger partial charge in [-0.2, -0.15) is 0 Å². The lowest BCUT2D eigenvalue weighted by Gasteiger charge is -2.37. The first-order valence-corrected chi connectivity index (χ1v) is 8.58. The minimum atomic E-state index is -0.219. The highest BCUT2D eigenvalue weighted by molar-refractivity contribution is 5.78. The van der Waals surface area contributed by atoms with E-state index in [1.165, 1.54) is 44.9 Å². The van der Waals surface area contributed by atoms with Crippen molar-refractivity contribution in [3.63, 3.8) is 0 Å². The van der Waals surface area contributed by atoms with Gasteiger partial charge in [0, 0.05) is 24.5 Å². The Labute approximate surface area is 124 Å². The van der Waals surface area contributed by atoms with Crippen LogP contribution in [0.1, 0.15) is 78.1 Å². The Balaban J connectivity index is 1.97. The predicted molar refractivity (Wildman–Crippen MR) is 83.4 cm³/mol. The van der Waals surface area contributed by atoms with Crippen LogP contribution in [-0.2, 0) is 4.79 Å². The lowest BCUT2D eigenvalue weighted by Crippen LogP contribution is -2.49. The van der Waals surface area contributed by atoms with E-state index in [1.54, 1.807) is 0 Å². The van der Waals surface area contributed by atoms with E-state index in [-0.39, 0.29) is 5.54 Å². The van der Waals surface area contributed by atoms with E-state index in [2.05, 4.69) is 18.7 Å². The molecule has 0 aromatic carbocycles. The van der Waals surface area contributed by atoms with Gasteiger partial charge in [0.25, 0.3) is 0 Å². The van der Waals surface area contributed by atoms with Crippen LogP contribution in [0, 0.1) is 5.92 Å². The van der Waals surface area contributed by atoms with E-state index in [0.717, 1.165) is 19.4 Å². The highest BCUT2D eigenvalue weighted by atomic mass is 16.2. The average Bonchev–Trinajstić information content (AvgIpc) is 2.89. The van der Waals surface area contributed by atoms with Gasteiger partial charge in [-0.15, -0.1) is 0 Å². The molecule has 2 fully saturated rings. The molecular weight excluding hydrogens is 248 g/mol. The van der Waals surface area contributed by atoms with Crippen molar-refractivity contribution in [3.8, 4) is 0 Å². The summed E-state index contributed by atoms with van der Waals surface area (Å²) in [6.07, 6.45) is 11.2. The zero-order valence-corrected chi connectivity index (χ0v) is 13.4. The number of rotatable bonds is 5. The Kier molecular flexibility index (Phi) is 5.48. The molecule has 3 nitrogen and oxygen atoms in total. The maximum atomic E-state index is 12.8. The highest BCUT2D eigenvalue weighted by Gasteiger charge is 2.34. The Bertz CT molecular complexity index is 315. The van der Waals surface area contributed by atoms with E-state index in [1.807, 2.05) is 0 Å². The van der Waals surface area contributed by atoms with Crippen molar-refractivity contribution >= 4 is 5.91 Å². The summed E-state index contributed by atoms with van der Waals surface area (Å²) in [5.74, 6) is 0.856. The van der Waals surface area contributed by atoms with Gasteiger partial charge in [0.05, 0.1) is 0 Å². The third-order valence-corrected chi connectivity index (χ3v) is 5.00. The van der Waals surface area contributed by atoms with E-state index < -0.39 is 0 Å². The second-order valence-corrected chi connectivity index (χ2v) is 7.48. The fraction of sp³-hybridized carbons (Fsp3) is 0.941. The van der Waals surface area contributed by atoms with Crippen molar-refractivity contribution < 1.29 is 4.79 Å². The quantitative estimate of drug-likeness (QED) is 0.838. The van der Waals surface area contributed by atoms with Crippen LogP contribution in [0.5, 0.6) is 0 Å². The zero-order valence-electron chi connectivity index (χ0n) is 13.4. The molecule has 1 amide bonds. The lowest BCUT2D eigenvalue weighted by molar-refractivity contribution is -0.135. The molecular formula is C17H32N2O. The van der Waals surface area contributed by atoms with Crippen LogP contribution < -0.4 is 5.73 Å². The molecule has 0 heterocycles. The van der Waals surface area contributed by atoms with E-state index in [9.17, 15) is 4.79 Å². The topological polar surface area (TPSA) is 46.3 Å². The van der Waals surface area contributed by atoms with Crippen LogP contribution in [-0.4, -0.2) is 28.9 Å². The van der Waals surface area contributed by atoms with Crippen LogP contribution in [0.3, 0.4) is 0 Å². The Morgan fingerprint density at radius 3 is 2.30 bits per heavy atom. The molecule has 2 rings (SSSR count). The van der Waals surface area contributed by atoms with Gasteiger partial charge in [0.15, 0.2) is 0 Å². The van der Waals surface area contributed by atoms with Gasteiger partial charge in [-0.05, 0) is 31.6 Å². The van der Waals surface area contributed by atoms with Crippen molar-refractivity contribution in [1.82, 2.24) is 4.90 Å². The van der Waals surface area contributed by atoms with Crippen molar-refractivity contribution in [3.05, 3.63) is 0 Å². The first kappa shape index (κ1) is 15.8. The Hall–Kier alpha value is -0.570. The van der Waals surface area contributed by atoms with Gasteiger partial charge in [0.2, 0.25) is 5.91 Å². The molecule has 2 N–H and O–H groups in total. The molecule has 0 aromatic heterocycles. The van der Waals surface area contributed by atoms with Gasteiger partial charge in [0.1, 0.15) is 0 Å². The molecule has 2 aliphatic carbocycles. The molecule has 0 unspecified atom stereocenters. The summed E-state index contributed by atoms with van der Waals surface area (Å²) in [6.45, 7) is 5.31. The number of carbonyl (C=O) groups excluding carboxylic acids is 1. The summed E-state index contributed by atoms with van der Waals surface area (Å²) in [7, 11) is 0. The summed E-state index contributed by atoms with van der Waals surface area (Å²) >= 11 is 0. The average molecular weight is 280 g/mol. The standard InChI is InChI=1S/C17H32N2O/c1-14(2)13-19(15-8-4-5-9-15)16(20)12-17(18)10-6-3-7-11-17/h14-15H,3-13,18H2,1-2H3. The third kappa shape index (κ3) is 4.21. The first-order chi connectivity index (χ1) is 9.50. The zero-order chi connectivity index (χ0) is 14.6. The van der Waals surface area contributed by atoms with Crippen LogP contribution in [0.25, 0.3) is 0 Å². The largest absolute Gasteiger partial charge is 0.339 e. The third-order valence-electron chi connectivity index (χ3n) is 5.00. The van der Waals surface area contributed by atoms with Crippen molar-refractivity contribution in [2.24, 2.45) is 11.7 Å². The molecule has 0 aliphatic heterocycles. The number of amides is 1. The molecule has 0 aromatic rings. The molecule has 3 heteroatoms. The van der Waals surface area contributed by atoms with E-state index in [0.29, 0.717) is 24.3 Å². The number of nitrogens with zero attached hydrogens (tertiary/aromatic N) is 1. The Morgan fingerprint density at radius 1 is 1.15 bits per heavy atom. The summed E-state index contributed by atoms with van der Waals surface area (Å²) in [5, 5.41) is 0. The summed E-state index contributed by atoms with van der Waals surface area (Å²) in [4.78, 5) is 15.0. The fourth-order valence-electron chi connectivity index (χ4n) is 3.90.